The second-order valence-corrected chi connectivity index (χ2v) is 4.90. The average Bonchev–Trinajstić information content (AvgIpc) is 3.02. The smallest absolute Gasteiger partial charge is 0.128 e. The fourth-order valence-corrected chi connectivity index (χ4v) is 2.53. The fraction of sp³-hybridized carbons (Fsp3) is 0.235. The number of ether oxygens (including phenoxy) is 1. The van der Waals surface area contributed by atoms with E-state index in [4.69, 9.17) is 4.74 Å². The van der Waals surface area contributed by atoms with Crippen LogP contribution in [-0.2, 0) is 0 Å². The molecule has 0 aromatic heterocycles. The Morgan fingerprint density at radius 3 is 2.40 bits per heavy atom. The van der Waals surface area contributed by atoms with Crippen molar-refractivity contribution >= 4 is 5.69 Å². The lowest BCUT2D eigenvalue weighted by atomic mass is 10.1. The van der Waals surface area contributed by atoms with Gasteiger partial charge in [0.1, 0.15) is 17.6 Å². The van der Waals surface area contributed by atoms with Crippen LogP contribution in [0.4, 0.5) is 5.69 Å². The van der Waals surface area contributed by atoms with E-state index in [1.165, 1.54) is 12.8 Å². The highest BCUT2D eigenvalue weighted by molar-refractivity contribution is 5.62. The molecule has 0 spiro atoms. The number of anilines is 1. The third-order valence-electron chi connectivity index (χ3n) is 3.51. The van der Waals surface area contributed by atoms with Crippen LogP contribution in [0.3, 0.4) is 0 Å². The lowest BCUT2D eigenvalue weighted by molar-refractivity contribution is 0.482. The molecule has 2 aromatic carbocycles. The highest BCUT2D eigenvalue weighted by Gasteiger charge is 2.16. The Bertz CT molecular complexity index is 625. The van der Waals surface area contributed by atoms with Crippen molar-refractivity contribution < 1.29 is 4.74 Å². The van der Waals surface area contributed by atoms with E-state index in [9.17, 15) is 5.26 Å². The summed E-state index contributed by atoms with van der Waals surface area (Å²) in [6.45, 7) is 2.07. The first kappa shape index (κ1) is 12.6. The van der Waals surface area contributed by atoms with Crippen molar-refractivity contribution in [1.82, 2.24) is 0 Å². The third-order valence-corrected chi connectivity index (χ3v) is 3.51. The highest BCUT2D eigenvalue weighted by atomic mass is 16.5. The van der Waals surface area contributed by atoms with Crippen molar-refractivity contribution in [3.63, 3.8) is 0 Å². The van der Waals surface area contributed by atoms with E-state index in [1.807, 2.05) is 48.5 Å². The van der Waals surface area contributed by atoms with Gasteiger partial charge >= 0.3 is 0 Å². The van der Waals surface area contributed by atoms with E-state index in [0.29, 0.717) is 11.3 Å². The summed E-state index contributed by atoms with van der Waals surface area (Å²) >= 11 is 0. The minimum absolute atomic E-state index is 0.681. The fourth-order valence-electron chi connectivity index (χ4n) is 2.53. The summed E-state index contributed by atoms with van der Waals surface area (Å²) in [4.78, 5) is 2.27. The van der Waals surface area contributed by atoms with E-state index in [-0.39, 0.29) is 0 Å². The molecule has 1 heterocycles. The predicted molar refractivity (Wildman–Crippen MR) is 79.1 cm³/mol. The standard InChI is InChI=1S/C17H16N2O/c18-13-14-12-16(20-15-6-2-1-3-7-15)8-9-17(14)19-10-4-5-11-19/h1-3,6-9,12H,4-5,10-11H2. The van der Waals surface area contributed by atoms with Gasteiger partial charge in [-0.2, -0.15) is 5.26 Å². The molecule has 1 saturated heterocycles. The summed E-state index contributed by atoms with van der Waals surface area (Å²) in [6.07, 6.45) is 2.40. The van der Waals surface area contributed by atoms with Crippen molar-refractivity contribution in [1.29, 1.82) is 5.26 Å². The average molecular weight is 264 g/mol. The molecule has 0 radical (unpaired) electrons. The van der Waals surface area contributed by atoms with Gasteiger partial charge in [0.2, 0.25) is 0 Å². The van der Waals surface area contributed by atoms with Gasteiger partial charge in [-0.1, -0.05) is 18.2 Å². The number of benzene rings is 2. The Hall–Kier alpha value is -2.47. The molecule has 1 aliphatic heterocycles. The van der Waals surface area contributed by atoms with Gasteiger partial charge in [0.15, 0.2) is 0 Å². The van der Waals surface area contributed by atoms with Crippen molar-refractivity contribution in [3.8, 4) is 17.6 Å². The first-order chi connectivity index (χ1) is 9.86. The third kappa shape index (κ3) is 2.60. The maximum absolute atomic E-state index is 9.34. The van der Waals surface area contributed by atoms with E-state index in [2.05, 4.69) is 11.0 Å². The summed E-state index contributed by atoms with van der Waals surface area (Å²) < 4.78 is 5.77. The van der Waals surface area contributed by atoms with Crippen LogP contribution in [0.15, 0.2) is 48.5 Å². The van der Waals surface area contributed by atoms with Gasteiger partial charge in [0, 0.05) is 19.2 Å². The van der Waals surface area contributed by atoms with Crippen LogP contribution in [0.1, 0.15) is 18.4 Å². The summed E-state index contributed by atoms with van der Waals surface area (Å²) in [5.41, 5.74) is 1.70. The van der Waals surface area contributed by atoms with Gasteiger partial charge in [0.05, 0.1) is 11.3 Å². The number of para-hydroxylation sites is 1. The van der Waals surface area contributed by atoms with Crippen molar-refractivity contribution in [2.75, 3.05) is 18.0 Å². The van der Waals surface area contributed by atoms with Crippen LogP contribution in [0.25, 0.3) is 0 Å². The Morgan fingerprint density at radius 1 is 0.950 bits per heavy atom. The summed E-state index contributed by atoms with van der Waals surface area (Å²) in [6, 6.07) is 17.6. The number of rotatable bonds is 3. The quantitative estimate of drug-likeness (QED) is 0.842. The van der Waals surface area contributed by atoms with Crippen LogP contribution in [-0.4, -0.2) is 13.1 Å². The van der Waals surface area contributed by atoms with Crippen LogP contribution in [0.5, 0.6) is 11.5 Å². The second kappa shape index (κ2) is 5.66. The Morgan fingerprint density at radius 2 is 1.70 bits per heavy atom. The lowest BCUT2D eigenvalue weighted by Crippen LogP contribution is -2.18. The molecule has 0 bridgehead atoms. The molecule has 0 aliphatic carbocycles. The zero-order valence-electron chi connectivity index (χ0n) is 11.2. The molecule has 3 rings (SSSR count). The maximum Gasteiger partial charge on any atom is 0.128 e. The van der Waals surface area contributed by atoms with Crippen LogP contribution >= 0.6 is 0 Å². The van der Waals surface area contributed by atoms with Gasteiger partial charge < -0.3 is 9.64 Å². The largest absolute Gasteiger partial charge is 0.457 e. The number of hydrogen-bond donors (Lipinski definition) is 0. The molecule has 0 amide bonds. The molecule has 3 nitrogen and oxygen atoms in total. The number of hydrogen-bond acceptors (Lipinski definition) is 3. The van der Waals surface area contributed by atoms with E-state index >= 15 is 0 Å². The summed E-state index contributed by atoms with van der Waals surface area (Å²) in [5, 5.41) is 9.34. The van der Waals surface area contributed by atoms with Gasteiger partial charge in [-0.25, -0.2) is 0 Å². The zero-order chi connectivity index (χ0) is 13.8. The molecule has 0 saturated carbocycles. The van der Waals surface area contributed by atoms with Gasteiger partial charge in [-0.3, -0.25) is 0 Å². The Kier molecular flexibility index (Phi) is 3.56. The molecule has 2 aromatic rings. The van der Waals surface area contributed by atoms with E-state index < -0.39 is 0 Å². The van der Waals surface area contributed by atoms with Crippen molar-refractivity contribution in [2.24, 2.45) is 0 Å². The monoisotopic (exact) mass is 264 g/mol. The van der Waals surface area contributed by atoms with Crippen LogP contribution < -0.4 is 9.64 Å². The maximum atomic E-state index is 9.34. The topological polar surface area (TPSA) is 36.3 Å². The number of nitrogens with zero attached hydrogens (tertiary/aromatic N) is 2. The molecule has 20 heavy (non-hydrogen) atoms. The lowest BCUT2D eigenvalue weighted by Gasteiger charge is -2.19. The van der Waals surface area contributed by atoms with Crippen molar-refractivity contribution in [3.05, 3.63) is 54.1 Å². The molecular formula is C17H16N2O. The molecule has 0 N–H and O–H groups in total. The van der Waals surface area contributed by atoms with E-state index in [1.54, 1.807) is 0 Å². The van der Waals surface area contributed by atoms with E-state index in [0.717, 1.165) is 24.5 Å². The Labute approximate surface area is 119 Å². The van der Waals surface area contributed by atoms with Gasteiger partial charge in [-0.15, -0.1) is 0 Å². The first-order valence-corrected chi connectivity index (χ1v) is 6.89. The van der Waals surface area contributed by atoms with Crippen LogP contribution in [0, 0.1) is 11.3 Å². The molecule has 0 unspecified atom stereocenters. The summed E-state index contributed by atoms with van der Waals surface area (Å²) in [5.74, 6) is 1.49. The molecule has 100 valence electrons. The molecule has 1 aliphatic rings. The van der Waals surface area contributed by atoms with Gasteiger partial charge in [0.25, 0.3) is 0 Å². The number of nitriles is 1. The predicted octanol–water partition coefficient (Wildman–Crippen LogP) is 3.95. The summed E-state index contributed by atoms with van der Waals surface area (Å²) in [7, 11) is 0. The molecule has 0 atom stereocenters. The minimum Gasteiger partial charge on any atom is -0.457 e. The first-order valence-electron chi connectivity index (χ1n) is 6.89. The molecule has 1 fully saturated rings. The van der Waals surface area contributed by atoms with Crippen LogP contribution in [0.2, 0.25) is 0 Å². The Balaban J connectivity index is 1.85. The molecule has 3 heteroatoms. The van der Waals surface area contributed by atoms with Gasteiger partial charge in [-0.05, 0) is 37.1 Å². The van der Waals surface area contributed by atoms with Crippen molar-refractivity contribution in [2.45, 2.75) is 12.8 Å². The highest BCUT2D eigenvalue weighted by Crippen LogP contribution is 2.29. The second-order valence-electron chi connectivity index (χ2n) is 4.90. The normalized spacial score (nSPS) is 14.1. The molecular weight excluding hydrogens is 248 g/mol. The minimum atomic E-state index is 0.681. The SMILES string of the molecule is N#Cc1cc(Oc2ccccc2)ccc1N1CCCC1. The zero-order valence-corrected chi connectivity index (χ0v) is 11.2.